The highest BCUT2D eigenvalue weighted by atomic mass is 35.5. The number of hydrogen-bond donors (Lipinski definition) is 1. The van der Waals surface area contributed by atoms with Crippen LogP contribution in [0.1, 0.15) is 33.1 Å². The van der Waals surface area contributed by atoms with Gasteiger partial charge >= 0.3 is 0 Å². The molecular formula is C14H21Cl2N3. The van der Waals surface area contributed by atoms with Gasteiger partial charge in [0.25, 0.3) is 0 Å². The Labute approximate surface area is 125 Å². The topological polar surface area (TPSA) is 28.2 Å². The molecule has 1 aromatic rings. The maximum atomic E-state index is 6.31. The van der Waals surface area contributed by atoms with E-state index in [-0.39, 0.29) is 0 Å². The second kappa shape index (κ2) is 6.67. The Hall–Kier alpha value is -0.670. The van der Waals surface area contributed by atoms with Crippen LogP contribution >= 0.6 is 23.2 Å². The molecule has 0 amide bonds. The number of rotatable bonds is 4. The molecular weight excluding hydrogens is 281 g/mol. The zero-order chi connectivity index (χ0) is 13.8. The van der Waals surface area contributed by atoms with Crippen molar-refractivity contribution >= 4 is 34.8 Å². The highest BCUT2D eigenvalue weighted by Crippen LogP contribution is 2.33. The first-order chi connectivity index (χ1) is 9.15. The molecule has 3 nitrogen and oxygen atoms in total. The van der Waals surface area contributed by atoms with Gasteiger partial charge < -0.3 is 10.2 Å². The Morgan fingerprint density at radius 2 is 2.16 bits per heavy atom. The van der Waals surface area contributed by atoms with Gasteiger partial charge in [0.1, 0.15) is 11.6 Å². The van der Waals surface area contributed by atoms with Crippen LogP contribution in [0, 0.1) is 5.92 Å². The van der Waals surface area contributed by atoms with Gasteiger partial charge in [0.15, 0.2) is 0 Å². The molecule has 1 aromatic heterocycles. The predicted octanol–water partition coefficient (Wildman–Crippen LogP) is 4.45. The van der Waals surface area contributed by atoms with E-state index in [1.165, 1.54) is 19.3 Å². The van der Waals surface area contributed by atoms with E-state index in [2.05, 4.69) is 22.1 Å². The third-order valence-corrected chi connectivity index (χ3v) is 4.22. The first-order valence-electron chi connectivity index (χ1n) is 7.00. The second-order valence-electron chi connectivity index (χ2n) is 5.02. The normalized spacial score (nSPS) is 19.6. The highest BCUT2D eigenvalue weighted by Gasteiger charge is 2.22. The third-order valence-electron chi connectivity index (χ3n) is 3.65. The summed E-state index contributed by atoms with van der Waals surface area (Å²) in [5, 5.41) is 4.40. The molecule has 2 rings (SSSR count). The lowest BCUT2D eigenvalue weighted by molar-refractivity contribution is 0.403. The van der Waals surface area contributed by atoms with Crippen LogP contribution < -0.4 is 10.2 Å². The van der Waals surface area contributed by atoms with Gasteiger partial charge in [-0.25, -0.2) is 4.98 Å². The zero-order valence-electron chi connectivity index (χ0n) is 11.5. The minimum absolute atomic E-state index is 0.583. The first-order valence-corrected chi connectivity index (χ1v) is 7.76. The van der Waals surface area contributed by atoms with Crippen LogP contribution in [0.3, 0.4) is 0 Å². The SMILES string of the molecule is CCNc1nc(N2CCCC(CC)C2)c(Cl)cc1Cl. The van der Waals surface area contributed by atoms with Gasteiger partial charge in [-0.3, -0.25) is 0 Å². The highest BCUT2D eigenvalue weighted by molar-refractivity contribution is 6.37. The Balaban J connectivity index is 2.25. The monoisotopic (exact) mass is 301 g/mol. The smallest absolute Gasteiger partial charge is 0.149 e. The molecule has 2 heterocycles. The zero-order valence-corrected chi connectivity index (χ0v) is 13.1. The molecule has 0 radical (unpaired) electrons. The van der Waals surface area contributed by atoms with Gasteiger partial charge in [0.05, 0.1) is 10.0 Å². The molecule has 0 spiro atoms. The average molecular weight is 302 g/mol. The van der Waals surface area contributed by atoms with Crippen molar-refractivity contribution in [2.24, 2.45) is 5.92 Å². The van der Waals surface area contributed by atoms with Gasteiger partial charge in [0.2, 0.25) is 0 Å². The van der Waals surface area contributed by atoms with E-state index >= 15 is 0 Å². The van der Waals surface area contributed by atoms with E-state index in [9.17, 15) is 0 Å². The quantitative estimate of drug-likeness (QED) is 0.891. The summed E-state index contributed by atoms with van der Waals surface area (Å²) in [5.74, 6) is 2.33. The van der Waals surface area contributed by atoms with Gasteiger partial charge in [0, 0.05) is 19.6 Å². The van der Waals surface area contributed by atoms with Crippen molar-refractivity contribution in [2.45, 2.75) is 33.1 Å². The van der Waals surface area contributed by atoms with Crippen molar-refractivity contribution in [3.63, 3.8) is 0 Å². The van der Waals surface area contributed by atoms with Crippen molar-refractivity contribution in [2.75, 3.05) is 29.9 Å². The molecule has 5 heteroatoms. The molecule has 1 saturated heterocycles. The Morgan fingerprint density at radius 3 is 2.84 bits per heavy atom. The summed E-state index contributed by atoms with van der Waals surface area (Å²) in [4.78, 5) is 6.89. The van der Waals surface area contributed by atoms with Crippen molar-refractivity contribution in [3.8, 4) is 0 Å². The summed E-state index contributed by atoms with van der Waals surface area (Å²) < 4.78 is 0. The van der Waals surface area contributed by atoms with Crippen molar-refractivity contribution in [1.82, 2.24) is 4.98 Å². The Morgan fingerprint density at radius 1 is 1.37 bits per heavy atom. The third kappa shape index (κ3) is 3.46. The summed E-state index contributed by atoms with van der Waals surface area (Å²) in [6.45, 7) is 7.13. The lowest BCUT2D eigenvalue weighted by Crippen LogP contribution is -2.36. The summed E-state index contributed by atoms with van der Waals surface area (Å²) in [5.41, 5.74) is 0. The Bertz CT molecular complexity index is 437. The molecule has 1 N–H and O–H groups in total. The maximum Gasteiger partial charge on any atom is 0.149 e. The van der Waals surface area contributed by atoms with E-state index in [1.54, 1.807) is 6.07 Å². The van der Waals surface area contributed by atoms with E-state index < -0.39 is 0 Å². The second-order valence-corrected chi connectivity index (χ2v) is 5.83. The van der Waals surface area contributed by atoms with E-state index in [0.29, 0.717) is 10.0 Å². The van der Waals surface area contributed by atoms with Crippen LogP contribution in [0.4, 0.5) is 11.6 Å². The largest absolute Gasteiger partial charge is 0.369 e. The van der Waals surface area contributed by atoms with Crippen LogP contribution in [-0.2, 0) is 0 Å². The molecule has 1 aliphatic rings. The number of nitrogens with one attached hydrogen (secondary N) is 1. The first kappa shape index (κ1) is 14.7. The van der Waals surface area contributed by atoms with Gasteiger partial charge in [-0.15, -0.1) is 0 Å². The van der Waals surface area contributed by atoms with Crippen LogP contribution in [-0.4, -0.2) is 24.6 Å². The number of halogens is 2. The fraction of sp³-hybridized carbons (Fsp3) is 0.643. The van der Waals surface area contributed by atoms with Crippen molar-refractivity contribution < 1.29 is 0 Å². The van der Waals surface area contributed by atoms with Crippen molar-refractivity contribution in [1.29, 1.82) is 0 Å². The number of piperidine rings is 1. The molecule has 1 aliphatic heterocycles. The maximum absolute atomic E-state index is 6.31. The number of hydrogen-bond acceptors (Lipinski definition) is 3. The molecule has 0 aromatic carbocycles. The summed E-state index contributed by atoms with van der Waals surface area (Å²) >= 11 is 12.5. The molecule has 19 heavy (non-hydrogen) atoms. The molecule has 0 aliphatic carbocycles. The fourth-order valence-electron chi connectivity index (χ4n) is 2.56. The number of aromatic nitrogens is 1. The standard InChI is InChI=1S/C14H21Cl2N3/c1-3-10-6-5-7-19(9-10)14-12(16)8-11(15)13(18-14)17-4-2/h8,10H,3-7,9H2,1-2H3,(H,17,18). The summed E-state index contributed by atoms with van der Waals surface area (Å²) in [6, 6.07) is 1.79. The van der Waals surface area contributed by atoms with E-state index in [0.717, 1.165) is 37.2 Å². The molecule has 1 fully saturated rings. The van der Waals surface area contributed by atoms with Gasteiger partial charge in [-0.2, -0.15) is 0 Å². The lowest BCUT2D eigenvalue weighted by atomic mass is 9.96. The molecule has 1 unspecified atom stereocenters. The minimum atomic E-state index is 0.583. The summed E-state index contributed by atoms with van der Waals surface area (Å²) in [6.07, 6.45) is 3.72. The van der Waals surface area contributed by atoms with E-state index in [4.69, 9.17) is 23.2 Å². The molecule has 0 saturated carbocycles. The van der Waals surface area contributed by atoms with Crippen LogP contribution in [0.5, 0.6) is 0 Å². The van der Waals surface area contributed by atoms with Crippen LogP contribution in [0.15, 0.2) is 6.07 Å². The van der Waals surface area contributed by atoms with Gasteiger partial charge in [-0.1, -0.05) is 36.5 Å². The number of nitrogens with zero attached hydrogens (tertiary/aromatic N) is 2. The average Bonchev–Trinajstić information content (AvgIpc) is 2.42. The van der Waals surface area contributed by atoms with Crippen LogP contribution in [0.2, 0.25) is 10.0 Å². The fourth-order valence-corrected chi connectivity index (χ4v) is 3.11. The van der Waals surface area contributed by atoms with E-state index in [1.807, 2.05) is 6.92 Å². The minimum Gasteiger partial charge on any atom is -0.369 e. The summed E-state index contributed by atoms with van der Waals surface area (Å²) in [7, 11) is 0. The van der Waals surface area contributed by atoms with Crippen molar-refractivity contribution in [3.05, 3.63) is 16.1 Å². The van der Waals surface area contributed by atoms with Crippen LogP contribution in [0.25, 0.3) is 0 Å². The molecule has 1 atom stereocenters. The molecule has 106 valence electrons. The predicted molar refractivity (Wildman–Crippen MR) is 83.6 cm³/mol. The number of pyridine rings is 1. The lowest BCUT2D eigenvalue weighted by Gasteiger charge is -2.33. The van der Waals surface area contributed by atoms with Gasteiger partial charge in [-0.05, 0) is 31.7 Å². The Kier molecular flexibility index (Phi) is 5.17. The number of anilines is 2. The molecule has 0 bridgehead atoms.